The van der Waals surface area contributed by atoms with Crippen LogP contribution in [0, 0.1) is 0 Å². The number of rotatable bonds is 5. The first-order chi connectivity index (χ1) is 12.2. The van der Waals surface area contributed by atoms with Crippen molar-refractivity contribution >= 4 is 16.7 Å². The van der Waals surface area contributed by atoms with Crippen molar-refractivity contribution in [3.05, 3.63) is 48.0 Å². The van der Waals surface area contributed by atoms with Crippen LogP contribution in [0.5, 0.6) is 0 Å². The molecule has 0 spiro atoms. The smallest absolute Gasteiger partial charge is 0.224 e. The van der Waals surface area contributed by atoms with Crippen LogP contribution in [-0.2, 0) is 9.53 Å². The van der Waals surface area contributed by atoms with Gasteiger partial charge in [0.05, 0.1) is 19.3 Å². The number of nitrogens with zero attached hydrogens (tertiary/aromatic N) is 1. The number of amides is 1. The van der Waals surface area contributed by atoms with Gasteiger partial charge in [-0.05, 0) is 42.2 Å². The minimum atomic E-state index is 0.106. The van der Waals surface area contributed by atoms with E-state index in [0.717, 1.165) is 26.0 Å². The van der Waals surface area contributed by atoms with Gasteiger partial charge in [0.1, 0.15) is 0 Å². The van der Waals surface area contributed by atoms with E-state index in [1.807, 2.05) is 0 Å². The van der Waals surface area contributed by atoms with Crippen molar-refractivity contribution in [1.29, 1.82) is 0 Å². The predicted molar refractivity (Wildman–Crippen MR) is 99.5 cm³/mol. The van der Waals surface area contributed by atoms with Gasteiger partial charge in [-0.3, -0.25) is 4.79 Å². The molecular weight excluding hydrogens is 312 g/mol. The van der Waals surface area contributed by atoms with Crippen LogP contribution in [0.25, 0.3) is 10.8 Å². The molecule has 4 rings (SSSR count). The molecule has 0 bridgehead atoms. The Bertz CT molecular complexity index is 750. The van der Waals surface area contributed by atoms with Gasteiger partial charge in [-0.2, -0.15) is 0 Å². The van der Waals surface area contributed by atoms with E-state index in [0.29, 0.717) is 19.1 Å². The van der Waals surface area contributed by atoms with Crippen molar-refractivity contribution in [1.82, 2.24) is 10.2 Å². The highest BCUT2D eigenvalue weighted by molar-refractivity contribution is 5.83. The van der Waals surface area contributed by atoms with Gasteiger partial charge in [-0.1, -0.05) is 36.4 Å². The first-order valence-corrected chi connectivity index (χ1v) is 9.33. The van der Waals surface area contributed by atoms with Crippen molar-refractivity contribution in [2.45, 2.75) is 44.3 Å². The first-order valence-electron chi connectivity index (χ1n) is 9.33. The Labute approximate surface area is 149 Å². The summed E-state index contributed by atoms with van der Waals surface area (Å²) in [4.78, 5) is 15.1. The van der Waals surface area contributed by atoms with E-state index in [9.17, 15) is 4.79 Å². The van der Waals surface area contributed by atoms with Crippen LogP contribution in [0.3, 0.4) is 0 Å². The normalized spacial score (nSPS) is 21.9. The third kappa shape index (κ3) is 3.70. The fourth-order valence-corrected chi connectivity index (χ4v) is 3.78. The fourth-order valence-electron chi connectivity index (χ4n) is 3.78. The van der Waals surface area contributed by atoms with Crippen LogP contribution in [0.4, 0.5) is 0 Å². The number of nitrogens with one attached hydrogen (secondary N) is 1. The van der Waals surface area contributed by atoms with E-state index in [4.69, 9.17) is 4.74 Å². The van der Waals surface area contributed by atoms with E-state index >= 15 is 0 Å². The Kier molecular flexibility index (Phi) is 4.73. The molecule has 25 heavy (non-hydrogen) atoms. The van der Waals surface area contributed by atoms with Gasteiger partial charge in [0.15, 0.2) is 0 Å². The highest BCUT2D eigenvalue weighted by Gasteiger charge is 2.37. The summed E-state index contributed by atoms with van der Waals surface area (Å²) >= 11 is 0. The molecule has 0 radical (unpaired) electrons. The average molecular weight is 338 g/mol. The number of hydrogen-bond donors (Lipinski definition) is 1. The molecule has 1 aliphatic carbocycles. The third-order valence-electron chi connectivity index (χ3n) is 5.32. The van der Waals surface area contributed by atoms with Gasteiger partial charge in [0.2, 0.25) is 5.91 Å². The molecule has 1 amide bonds. The maximum atomic E-state index is 13.0. The van der Waals surface area contributed by atoms with Crippen molar-refractivity contribution in [3.8, 4) is 0 Å². The maximum absolute atomic E-state index is 13.0. The molecule has 2 fully saturated rings. The highest BCUT2D eigenvalue weighted by atomic mass is 16.5. The maximum Gasteiger partial charge on any atom is 0.224 e. The molecule has 2 aliphatic rings. The summed E-state index contributed by atoms with van der Waals surface area (Å²) < 4.78 is 5.50. The quantitative estimate of drug-likeness (QED) is 0.910. The lowest BCUT2D eigenvalue weighted by Gasteiger charge is -2.32. The standard InChI is InChI=1S/C21H26N2O2/c1-15(17-7-6-16-4-2-3-5-18(16)12-17)23(20-8-9-20)21(24)13-19-14-25-11-10-22-19/h2-7,12,15,19-20,22H,8-11,13-14H2,1H3. The number of morpholine rings is 1. The Morgan fingerprint density at radius 1 is 1.24 bits per heavy atom. The van der Waals surface area contributed by atoms with Crippen LogP contribution in [0.2, 0.25) is 0 Å². The molecule has 0 aromatic heterocycles. The van der Waals surface area contributed by atoms with Crippen LogP contribution >= 0.6 is 0 Å². The first kappa shape index (κ1) is 16.6. The largest absolute Gasteiger partial charge is 0.378 e. The van der Waals surface area contributed by atoms with Gasteiger partial charge in [0, 0.05) is 25.0 Å². The summed E-state index contributed by atoms with van der Waals surface area (Å²) in [7, 11) is 0. The second kappa shape index (κ2) is 7.14. The number of carbonyl (C=O) groups excluding carboxylic acids is 1. The third-order valence-corrected chi connectivity index (χ3v) is 5.32. The monoisotopic (exact) mass is 338 g/mol. The molecule has 4 heteroatoms. The molecule has 2 atom stereocenters. The second-order valence-electron chi connectivity index (χ2n) is 7.24. The Balaban J connectivity index is 1.53. The lowest BCUT2D eigenvalue weighted by molar-refractivity contribution is -0.135. The van der Waals surface area contributed by atoms with Gasteiger partial charge < -0.3 is 15.0 Å². The molecular formula is C21H26N2O2. The van der Waals surface area contributed by atoms with Gasteiger partial charge in [0.25, 0.3) is 0 Å². The van der Waals surface area contributed by atoms with Crippen LogP contribution in [-0.4, -0.2) is 42.6 Å². The number of fused-ring (bicyclic) bond motifs is 1. The summed E-state index contributed by atoms with van der Waals surface area (Å²) in [6.45, 7) is 4.37. The minimum Gasteiger partial charge on any atom is -0.378 e. The fraction of sp³-hybridized carbons (Fsp3) is 0.476. The van der Waals surface area contributed by atoms with Gasteiger partial charge in [-0.25, -0.2) is 0 Å². The second-order valence-corrected chi connectivity index (χ2v) is 7.24. The lowest BCUT2D eigenvalue weighted by Crippen LogP contribution is -2.46. The van der Waals surface area contributed by atoms with Crippen molar-refractivity contribution in [3.63, 3.8) is 0 Å². The average Bonchev–Trinajstić information content (AvgIpc) is 3.47. The zero-order chi connectivity index (χ0) is 17.2. The number of carbonyl (C=O) groups is 1. The van der Waals surface area contributed by atoms with Crippen molar-refractivity contribution < 1.29 is 9.53 Å². The molecule has 1 saturated carbocycles. The number of benzene rings is 2. The lowest BCUT2D eigenvalue weighted by atomic mass is 10.0. The molecule has 132 valence electrons. The molecule has 1 N–H and O–H groups in total. The Morgan fingerprint density at radius 2 is 2.04 bits per heavy atom. The molecule has 4 nitrogen and oxygen atoms in total. The molecule has 2 aromatic carbocycles. The zero-order valence-corrected chi connectivity index (χ0v) is 14.8. The number of ether oxygens (including phenoxy) is 1. The van der Waals surface area contributed by atoms with E-state index < -0.39 is 0 Å². The summed E-state index contributed by atoms with van der Waals surface area (Å²) in [5.41, 5.74) is 1.21. The highest BCUT2D eigenvalue weighted by Crippen LogP contribution is 2.35. The predicted octanol–water partition coefficient (Wildman–Crippen LogP) is 3.27. The topological polar surface area (TPSA) is 41.6 Å². The van der Waals surface area contributed by atoms with E-state index in [2.05, 4.69) is 59.6 Å². The molecule has 2 unspecified atom stereocenters. The van der Waals surface area contributed by atoms with Crippen molar-refractivity contribution in [2.24, 2.45) is 0 Å². The van der Waals surface area contributed by atoms with Gasteiger partial charge >= 0.3 is 0 Å². The Morgan fingerprint density at radius 3 is 2.76 bits per heavy atom. The summed E-state index contributed by atoms with van der Waals surface area (Å²) in [6, 6.07) is 15.6. The molecule has 2 aromatic rings. The number of hydrogen-bond acceptors (Lipinski definition) is 3. The van der Waals surface area contributed by atoms with Gasteiger partial charge in [-0.15, -0.1) is 0 Å². The summed E-state index contributed by atoms with van der Waals surface area (Å²) in [5.74, 6) is 0.242. The van der Waals surface area contributed by atoms with Crippen LogP contribution in [0.1, 0.15) is 37.8 Å². The van der Waals surface area contributed by atoms with Crippen LogP contribution < -0.4 is 5.32 Å². The zero-order valence-electron chi connectivity index (χ0n) is 14.8. The summed E-state index contributed by atoms with van der Waals surface area (Å²) in [5, 5.41) is 5.87. The van der Waals surface area contributed by atoms with Crippen molar-refractivity contribution in [2.75, 3.05) is 19.8 Å². The molecule has 1 heterocycles. The molecule has 1 saturated heterocycles. The minimum absolute atomic E-state index is 0.106. The SMILES string of the molecule is CC(c1ccc2ccccc2c1)N(C(=O)CC1COCCN1)C1CC1. The van der Waals surface area contributed by atoms with E-state index in [1.54, 1.807) is 0 Å². The van der Waals surface area contributed by atoms with Crippen LogP contribution in [0.15, 0.2) is 42.5 Å². The summed E-state index contributed by atoms with van der Waals surface area (Å²) in [6.07, 6.45) is 2.77. The molecule has 1 aliphatic heterocycles. The Hall–Kier alpha value is -1.91. The van der Waals surface area contributed by atoms with E-state index in [-0.39, 0.29) is 18.0 Å². The van der Waals surface area contributed by atoms with E-state index in [1.165, 1.54) is 16.3 Å².